The van der Waals surface area contributed by atoms with E-state index in [1.54, 1.807) is 18.2 Å². The van der Waals surface area contributed by atoms with Crippen LogP contribution in [0.1, 0.15) is 59.2 Å². The van der Waals surface area contributed by atoms with Crippen molar-refractivity contribution in [3.8, 4) is 5.75 Å². The highest BCUT2D eigenvalue weighted by molar-refractivity contribution is 6.22. The number of fused-ring (bicyclic) bond motifs is 1. The lowest BCUT2D eigenvalue weighted by Crippen LogP contribution is -2.58. The summed E-state index contributed by atoms with van der Waals surface area (Å²) in [5, 5.41) is 22.3. The van der Waals surface area contributed by atoms with Gasteiger partial charge < -0.3 is 20.7 Å². The average Bonchev–Trinajstić information content (AvgIpc) is 2.90. The zero-order valence-corrected chi connectivity index (χ0v) is 15.3. The first-order valence-corrected chi connectivity index (χ1v) is 9.50. The molecule has 0 aliphatic carbocycles. The summed E-state index contributed by atoms with van der Waals surface area (Å²) in [4.78, 5) is 26.8. The molecule has 2 heterocycles. The van der Waals surface area contributed by atoms with Crippen molar-refractivity contribution in [2.45, 2.75) is 57.0 Å². The Bertz CT molecular complexity index is 696. The molecule has 5 N–H and O–H groups in total. The molecule has 1 fully saturated rings. The summed E-state index contributed by atoms with van der Waals surface area (Å²) in [6, 6.07) is 4.26. The number of nitrogens with zero attached hydrogens (tertiary/aromatic N) is 1. The van der Waals surface area contributed by atoms with E-state index >= 15 is 0 Å². The van der Waals surface area contributed by atoms with E-state index in [1.165, 1.54) is 0 Å². The lowest BCUT2D eigenvalue weighted by atomic mass is 10.0. The SMILES string of the molecule is NCCCCCCOc1cccc2c1C(=O)N(C1CCC(O)NC1O)C2=O. The van der Waals surface area contributed by atoms with Gasteiger partial charge in [0.05, 0.1) is 23.8 Å². The minimum absolute atomic E-state index is 0.253. The van der Waals surface area contributed by atoms with Gasteiger partial charge in [0, 0.05) is 0 Å². The lowest BCUT2D eigenvalue weighted by molar-refractivity contribution is -0.0413. The van der Waals surface area contributed by atoms with Crippen molar-refractivity contribution in [3.05, 3.63) is 29.3 Å². The number of piperidine rings is 1. The first-order valence-electron chi connectivity index (χ1n) is 9.50. The number of carbonyl (C=O) groups excluding carboxylic acids is 2. The lowest BCUT2D eigenvalue weighted by Gasteiger charge is -2.36. The summed E-state index contributed by atoms with van der Waals surface area (Å²) in [5.41, 5.74) is 6.02. The van der Waals surface area contributed by atoms with Crippen LogP contribution in [0, 0.1) is 0 Å². The summed E-state index contributed by atoms with van der Waals surface area (Å²) in [5.74, 6) is -0.507. The van der Waals surface area contributed by atoms with Gasteiger partial charge in [-0.15, -0.1) is 0 Å². The molecular weight excluding hydrogens is 350 g/mol. The highest BCUT2D eigenvalue weighted by Gasteiger charge is 2.45. The number of hydrogen-bond acceptors (Lipinski definition) is 7. The maximum absolute atomic E-state index is 12.9. The Labute approximate surface area is 158 Å². The zero-order valence-electron chi connectivity index (χ0n) is 15.3. The van der Waals surface area contributed by atoms with Crippen LogP contribution in [-0.2, 0) is 0 Å². The van der Waals surface area contributed by atoms with E-state index in [1.807, 2.05) is 0 Å². The van der Waals surface area contributed by atoms with Gasteiger partial charge in [0.15, 0.2) is 0 Å². The monoisotopic (exact) mass is 377 g/mol. The summed E-state index contributed by atoms with van der Waals surface area (Å²) in [6.07, 6.45) is 2.53. The number of imide groups is 1. The molecule has 1 aromatic rings. The van der Waals surface area contributed by atoms with E-state index < -0.39 is 30.3 Å². The van der Waals surface area contributed by atoms with Gasteiger partial charge >= 0.3 is 0 Å². The summed E-state index contributed by atoms with van der Waals surface area (Å²) in [7, 11) is 0. The minimum atomic E-state index is -1.16. The number of nitrogens with one attached hydrogen (secondary N) is 1. The van der Waals surface area contributed by atoms with Crippen molar-refractivity contribution >= 4 is 11.8 Å². The molecule has 2 amide bonds. The second-order valence-electron chi connectivity index (χ2n) is 6.98. The van der Waals surface area contributed by atoms with Crippen LogP contribution in [0.25, 0.3) is 0 Å². The van der Waals surface area contributed by atoms with Crippen LogP contribution < -0.4 is 15.8 Å². The number of hydrogen-bond donors (Lipinski definition) is 4. The molecule has 0 saturated carbocycles. The third-order valence-electron chi connectivity index (χ3n) is 5.06. The number of carbonyl (C=O) groups is 2. The molecule has 8 heteroatoms. The molecule has 148 valence electrons. The van der Waals surface area contributed by atoms with Gasteiger partial charge in [-0.05, 0) is 44.4 Å². The van der Waals surface area contributed by atoms with E-state index in [0.717, 1.165) is 30.6 Å². The van der Waals surface area contributed by atoms with Gasteiger partial charge in [-0.3, -0.25) is 19.8 Å². The van der Waals surface area contributed by atoms with Gasteiger partial charge in [-0.25, -0.2) is 0 Å². The quantitative estimate of drug-likeness (QED) is 0.385. The van der Waals surface area contributed by atoms with Crippen molar-refractivity contribution in [2.75, 3.05) is 13.2 Å². The van der Waals surface area contributed by atoms with E-state index in [-0.39, 0.29) is 5.56 Å². The predicted octanol–water partition coefficient (Wildman–Crippen LogP) is 0.569. The highest BCUT2D eigenvalue weighted by Crippen LogP contribution is 2.34. The van der Waals surface area contributed by atoms with Crippen LogP contribution in [-0.4, -0.2) is 58.6 Å². The van der Waals surface area contributed by atoms with Crippen LogP contribution in [0.5, 0.6) is 5.75 Å². The molecule has 3 rings (SSSR count). The second-order valence-corrected chi connectivity index (χ2v) is 6.98. The average molecular weight is 377 g/mol. The third kappa shape index (κ3) is 4.14. The van der Waals surface area contributed by atoms with E-state index in [9.17, 15) is 19.8 Å². The van der Waals surface area contributed by atoms with E-state index in [4.69, 9.17) is 10.5 Å². The third-order valence-corrected chi connectivity index (χ3v) is 5.06. The van der Waals surface area contributed by atoms with Crippen LogP contribution >= 0.6 is 0 Å². The Morgan fingerprint density at radius 3 is 2.63 bits per heavy atom. The number of aliphatic hydroxyl groups is 2. The fourth-order valence-electron chi connectivity index (χ4n) is 3.62. The normalized spacial score (nSPS) is 25.0. The Hall–Kier alpha value is -2.00. The maximum Gasteiger partial charge on any atom is 0.265 e. The number of rotatable bonds is 8. The fraction of sp³-hybridized carbons (Fsp3) is 0.579. The first kappa shape index (κ1) is 19.8. The number of ether oxygens (including phenoxy) is 1. The van der Waals surface area contributed by atoms with Gasteiger partial charge in [0.25, 0.3) is 11.8 Å². The summed E-state index contributed by atoms with van der Waals surface area (Å²) < 4.78 is 5.78. The molecule has 2 aliphatic heterocycles. The number of unbranched alkanes of at least 4 members (excludes halogenated alkanes) is 3. The standard InChI is InChI=1S/C19H27N3O5/c20-10-3-1-2-4-11-27-14-7-5-6-12-16(14)19(26)22(18(12)25)13-8-9-15(23)21-17(13)24/h5-7,13,15,17,21,23-24H,1-4,8-11,20H2. The van der Waals surface area contributed by atoms with E-state index in [2.05, 4.69) is 5.32 Å². The molecule has 0 spiro atoms. The fourth-order valence-corrected chi connectivity index (χ4v) is 3.62. The van der Waals surface area contributed by atoms with E-state index in [0.29, 0.717) is 37.3 Å². The predicted molar refractivity (Wildman–Crippen MR) is 98.1 cm³/mol. The molecule has 3 unspecified atom stereocenters. The van der Waals surface area contributed by atoms with Gasteiger partial charge in [-0.2, -0.15) is 0 Å². The van der Waals surface area contributed by atoms with Crippen molar-refractivity contribution < 1.29 is 24.5 Å². The van der Waals surface area contributed by atoms with Crippen molar-refractivity contribution in [1.82, 2.24) is 10.2 Å². The first-order chi connectivity index (χ1) is 13.0. The van der Waals surface area contributed by atoms with Gasteiger partial charge in [0.2, 0.25) is 0 Å². The van der Waals surface area contributed by atoms with Crippen LogP contribution in [0.2, 0.25) is 0 Å². The molecule has 8 nitrogen and oxygen atoms in total. The zero-order chi connectivity index (χ0) is 19.4. The molecule has 0 radical (unpaired) electrons. The topological polar surface area (TPSA) is 125 Å². The van der Waals surface area contributed by atoms with Crippen LogP contribution in [0.4, 0.5) is 0 Å². The minimum Gasteiger partial charge on any atom is -0.493 e. The largest absolute Gasteiger partial charge is 0.493 e. The van der Waals surface area contributed by atoms with Crippen molar-refractivity contribution in [2.24, 2.45) is 5.73 Å². The molecule has 1 aromatic carbocycles. The highest BCUT2D eigenvalue weighted by atomic mass is 16.5. The molecule has 0 bridgehead atoms. The molecular formula is C19H27N3O5. The molecule has 2 aliphatic rings. The number of amides is 2. The molecule has 1 saturated heterocycles. The Kier molecular flexibility index (Phi) is 6.43. The Morgan fingerprint density at radius 1 is 1.11 bits per heavy atom. The molecule has 27 heavy (non-hydrogen) atoms. The van der Waals surface area contributed by atoms with Gasteiger partial charge in [-0.1, -0.05) is 18.9 Å². The molecule has 0 aromatic heterocycles. The smallest absolute Gasteiger partial charge is 0.265 e. The van der Waals surface area contributed by atoms with Crippen LogP contribution in [0.3, 0.4) is 0 Å². The second kappa shape index (κ2) is 8.79. The Balaban J connectivity index is 1.70. The molecule has 3 atom stereocenters. The van der Waals surface area contributed by atoms with Crippen LogP contribution in [0.15, 0.2) is 18.2 Å². The number of aliphatic hydroxyl groups excluding tert-OH is 2. The number of benzene rings is 1. The summed E-state index contributed by atoms with van der Waals surface area (Å²) in [6.45, 7) is 1.14. The van der Waals surface area contributed by atoms with Crippen molar-refractivity contribution in [1.29, 1.82) is 0 Å². The number of nitrogens with two attached hydrogens (primary N) is 1. The maximum atomic E-state index is 12.9. The van der Waals surface area contributed by atoms with Gasteiger partial charge in [0.1, 0.15) is 18.2 Å². The van der Waals surface area contributed by atoms with Crippen molar-refractivity contribution in [3.63, 3.8) is 0 Å². The summed E-state index contributed by atoms with van der Waals surface area (Å²) >= 11 is 0. The Morgan fingerprint density at radius 2 is 1.89 bits per heavy atom.